The standard InChI is InChI=1S/C17H20ClN3O2/c1-12-19-17(23-20-12)14-8-10-21(11-9-14)16(22)7-6-13-4-2-3-5-15(13)18/h2-5,14H,6-11H2,1H3. The van der Waals surface area contributed by atoms with E-state index in [1.165, 1.54) is 0 Å². The molecular formula is C17H20ClN3O2. The van der Waals surface area contributed by atoms with Gasteiger partial charge in [-0.2, -0.15) is 4.98 Å². The summed E-state index contributed by atoms with van der Waals surface area (Å²) in [6.07, 6.45) is 2.92. The van der Waals surface area contributed by atoms with Crippen molar-refractivity contribution in [1.82, 2.24) is 15.0 Å². The molecule has 1 aromatic heterocycles. The van der Waals surface area contributed by atoms with Crippen LogP contribution in [-0.4, -0.2) is 34.0 Å². The van der Waals surface area contributed by atoms with Crippen LogP contribution in [0, 0.1) is 6.92 Å². The summed E-state index contributed by atoms with van der Waals surface area (Å²) in [6.45, 7) is 3.31. The normalized spacial score (nSPS) is 15.8. The molecule has 0 saturated carbocycles. The Bertz CT molecular complexity index is 678. The second-order valence-electron chi connectivity index (χ2n) is 5.93. The van der Waals surface area contributed by atoms with Crippen molar-refractivity contribution in [2.75, 3.05) is 13.1 Å². The first kappa shape index (κ1) is 16.0. The molecule has 0 unspecified atom stereocenters. The van der Waals surface area contributed by atoms with Gasteiger partial charge in [0.1, 0.15) is 0 Å². The number of amides is 1. The van der Waals surface area contributed by atoms with Crippen LogP contribution in [0.2, 0.25) is 5.02 Å². The predicted molar refractivity (Wildman–Crippen MR) is 87.4 cm³/mol. The Morgan fingerprint density at radius 2 is 2.09 bits per heavy atom. The zero-order valence-corrected chi connectivity index (χ0v) is 13.9. The van der Waals surface area contributed by atoms with Crippen molar-refractivity contribution in [2.24, 2.45) is 0 Å². The van der Waals surface area contributed by atoms with Crippen LogP contribution in [-0.2, 0) is 11.2 Å². The second-order valence-corrected chi connectivity index (χ2v) is 6.33. The van der Waals surface area contributed by atoms with E-state index in [-0.39, 0.29) is 11.8 Å². The third-order valence-corrected chi connectivity index (χ3v) is 4.67. The highest BCUT2D eigenvalue weighted by Crippen LogP contribution is 2.27. The molecule has 0 N–H and O–H groups in total. The molecule has 5 nitrogen and oxygen atoms in total. The second kappa shape index (κ2) is 7.13. The molecule has 1 saturated heterocycles. The van der Waals surface area contributed by atoms with Crippen LogP contribution in [0.25, 0.3) is 0 Å². The molecule has 0 aliphatic carbocycles. The van der Waals surface area contributed by atoms with Gasteiger partial charge in [-0.05, 0) is 37.8 Å². The molecule has 6 heteroatoms. The van der Waals surface area contributed by atoms with E-state index in [2.05, 4.69) is 10.1 Å². The maximum Gasteiger partial charge on any atom is 0.229 e. The van der Waals surface area contributed by atoms with Crippen LogP contribution in [0.15, 0.2) is 28.8 Å². The summed E-state index contributed by atoms with van der Waals surface area (Å²) in [5, 5.41) is 4.57. The maximum atomic E-state index is 12.4. The van der Waals surface area contributed by atoms with Crippen molar-refractivity contribution >= 4 is 17.5 Å². The molecule has 0 atom stereocenters. The van der Waals surface area contributed by atoms with Gasteiger partial charge in [-0.15, -0.1) is 0 Å². The van der Waals surface area contributed by atoms with Gasteiger partial charge in [-0.25, -0.2) is 0 Å². The number of benzene rings is 1. The zero-order chi connectivity index (χ0) is 16.2. The van der Waals surface area contributed by atoms with Crippen molar-refractivity contribution in [3.8, 4) is 0 Å². The summed E-state index contributed by atoms with van der Waals surface area (Å²) < 4.78 is 5.24. The Morgan fingerprint density at radius 3 is 2.74 bits per heavy atom. The van der Waals surface area contributed by atoms with E-state index in [1.807, 2.05) is 36.1 Å². The van der Waals surface area contributed by atoms with E-state index in [1.54, 1.807) is 0 Å². The van der Waals surface area contributed by atoms with E-state index >= 15 is 0 Å². The number of hydrogen-bond acceptors (Lipinski definition) is 4. The lowest BCUT2D eigenvalue weighted by Gasteiger charge is -2.30. The molecule has 1 aliphatic rings. The van der Waals surface area contributed by atoms with Crippen molar-refractivity contribution in [3.63, 3.8) is 0 Å². The summed E-state index contributed by atoms with van der Waals surface area (Å²) >= 11 is 6.13. The fraction of sp³-hybridized carbons (Fsp3) is 0.471. The highest BCUT2D eigenvalue weighted by molar-refractivity contribution is 6.31. The molecule has 122 valence electrons. The molecule has 1 aliphatic heterocycles. The van der Waals surface area contributed by atoms with Gasteiger partial charge in [-0.3, -0.25) is 4.79 Å². The van der Waals surface area contributed by atoms with E-state index in [9.17, 15) is 4.79 Å². The number of hydrogen-bond donors (Lipinski definition) is 0. The average molecular weight is 334 g/mol. The monoisotopic (exact) mass is 333 g/mol. The van der Waals surface area contributed by atoms with Gasteiger partial charge in [0.2, 0.25) is 11.8 Å². The van der Waals surface area contributed by atoms with Crippen LogP contribution in [0.3, 0.4) is 0 Å². The molecule has 0 bridgehead atoms. The van der Waals surface area contributed by atoms with E-state index in [0.717, 1.165) is 36.5 Å². The molecule has 0 spiro atoms. The summed E-state index contributed by atoms with van der Waals surface area (Å²) in [6, 6.07) is 7.68. The number of carbonyl (C=O) groups is 1. The highest BCUT2D eigenvalue weighted by Gasteiger charge is 2.26. The average Bonchev–Trinajstić information content (AvgIpc) is 3.00. The largest absolute Gasteiger partial charge is 0.343 e. The molecule has 3 rings (SSSR count). The molecule has 2 aromatic rings. The van der Waals surface area contributed by atoms with Crippen molar-refractivity contribution in [1.29, 1.82) is 0 Å². The van der Waals surface area contributed by atoms with Crippen LogP contribution in [0.5, 0.6) is 0 Å². The molecule has 23 heavy (non-hydrogen) atoms. The number of piperidine rings is 1. The number of halogens is 1. The lowest BCUT2D eigenvalue weighted by molar-refractivity contribution is -0.132. The minimum Gasteiger partial charge on any atom is -0.343 e. The van der Waals surface area contributed by atoms with Gasteiger partial charge in [0.15, 0.2) is 5.82 Å². The van der Waals surface area contributed by atoms with Crippen molar-refractivity contribution in [3.05, 3.63) is 46.6 Å². The molecule has 1 aromatic carbocycles. The predicted octanol–water partition coefficient (Wildman–Crippen LogP) is 3.37. The fourth-order valence-electron chi connectivity index (χ4n) is 2.96. The summed E-state index contributed by atoms with van der Waals surface area (Å²) in [5.41, 5.74) is 1.03. The van der Waals surface area contributed by atoms with E-state index in [0.29, 0.717) is 24.6 Å². The lowest BCUT2D eigenvalue weighted by atomic mass is 9.96. The van der Waals surface area contributed by atoms with Crippen LogP contribution in [0.4, 0.5) is 0 Å². The minimum atomic E-state index is 0.185. The SMILES string of the molecule is Cc1noc(C2CCN(C(=O)CCc3ccccc3Cl)CC2)n1. The van der Waals surface area contributed by atoms with Gasteiger partial charge in [-0.1, -0.05) is 35.0 Å². The smallest absolute Gasteiger partial charge is 0.229 e. The molecular weight excluding hydrogens is 314 g/mol. The topological polar surface area (TPSA) is 59.2 Å². The first-order valence-corrected chi connectivity index (χ1v) is 8.32. The molecule has 1 fully saturated rings. The number of aromatic nitrogens is 2. The van der Waals surface area contributed by atoms with E-state index < -0.39 is 0 Å². The molecule has 0 radical (unpaired) electrons. The van der Waals surface area contributed by atoms with Gasteiger partial charge in [0.25, 0.3) is 0 Å². The third-order valence-electron chi connectivity index (χ3n) is 4.31. The molecule has 1 amide bonds. The Kier molecular flexibility index (Phi) is 4.96. The van der Waals surface area contributed by atoms with Crippen LogP contribution >= 0.6 is 11.6 Å². The first-order valence-electron chi connectivity index (χ1n) is 7.95. The number of rotatable bonds is 4. The van der Waals surface area contributed by atoms with Gasteiger partial charge >= 0.3 is 0 Å². The van der Waals surface area contributed by atoms with Gasteiger partial charge in [0.05, 0.1) is 0 Å². The van der Waals surface area contributed by atoms with E-state index in [4.69, 9.17) is 16.1 Å². The van der Waals surface area contributed by atoms with Crippen LogP contribution < -0.4 is 0 Å². The first-order chi connectivity index (χ1) is 11.1. The Balaban J connectivity index is 1.49. The summed E-state index contributed by atoms with van der Waals surface area (Å²) in [7, 11) is 0. The van der Waals surface area contributed by atoms with Gasteiger partial charge in [0, 0.05) is 30.5 Å². The number of likely N-dealkylation sites (tertiary alicyclic amines) is 1. The van der Waals surface area contributed by atoms with Crippen molar-refractivity contribution < 1.29 is 9.32 Å². The Morgan fingerprint density at radius 1 is 1.35 bits per heavy atom. The number of nitrogens with zero attached hydrogens (tertiary/aromatic N) is 3. The quantitative estimate of drug-likeness (QED) is 0.860. The minimum absolute atomic E-state index is 0.185. The summed E-state index contributed by atoms with van der Waals surface area (Å²) in [4.78, 5) is 18.6. The maximum absolute atomic E-state index is 12.4. The molecule has 2 heterocycles. The highest BCUT2D eigenvalue weighted by atomic mass is 35.5. The number of aryl methyl sites for hydroxylation is 2. The fourth-order valence-corrected chi connectivity index (χ4v) is 3.19. The Labute approximate surface area is 140 Å². The van der Waals surface area contributed by atoms with Crippen molar-refractivity contribution in [2.45, 2.75) is 38.5 Å². The zero-order valence-electron chi connectivity index (χ0n) is 13.2. The lowest BCUT2D eigenvalue weighted by Crippen LogP contribution is -2.38. The third kappa shape index (κ3) is 3.91. The Hall–Kier alpha value is -1.88. The van der Waals surface area contributed by atoms with Gasteiger partial charge < -0.3 is 9.42 Å². The van der Waals surface area contributed by atoms with Crippen LogP contribution in [0.1, 0.15) is 42.5 Å². The number of carbonyl (C=O) groups excluding carboxylic acids is 1. The summed E-state index contributed by atoms with van der Waals surface area (Å²) in [5.74, 6) is 1.82.